The zero-order chi connectivity index (χ0) is 15.8. The molecule has 3 nitrogen and oxygen atoms in total. The molecule has 1 amide bonds. The van der Waals surface area contributed by atoms with Crippen molar-refractivity contribution in [2.75, 3.05) is 11.9 Å². The average Bonchev–Trinajstić information content (AvgIpc) is 2.65. The molecule has 116 valence electrons. The van der Waals surface area contributed by atoms with Crippen molar-refractivity contribution in [1.29, 1.82) is 0 Å². The molecule has 2 atom stereocenters. The fourth-order valence-corrected chi connectivity index (χ4v) is 2.99. The molecule has 1 aromatic rings. The molecule has 2 rings (SSSR count). The molecule has 3 heteroatoms. The number of hydrogen-bond donors (Lipinski definition) is 2. The van der Waals surface area contributed by atoms with E-state index in [0.29, 0.717) is 17.9 Å². The van der Waals surface area contributed by atoms with E-state index >= 15 is 0 Å². The largest absolute Gasteiger partial charge is 0.325 e. The van der Waals surface area contributed by atoms with Crippen LogP contribution in [0.1, 0.15) is 58.7 Å². The van der Waals surface area contributed by atoms with Gasteiger partial charge in [0.2, 0.25) is 5.91 Å². The Bertz CT molecular complexity index is 534. The van der Waals surface area contributed by atoms with Crippen molar-refractivity contribution in [2.24, 2.45) is 11.8 Å². The lowest BCUT2D eigenvalue weighted by molar-refractivity contribution is -0.119. The summed E-state index contributed by atoms with van der Waals surface area (Å²) < 4.78 is 0. The van der Waals surface area contributed by atoms with Crippen molar-refractivity contribution in [2.45, 2.75) is 53.0 Å². The van der Waals surface area contributed by atoms with Crippen LogP contribution in [0, 0.1) is 11.8 Å². The van der Waals surface area contributed by atoms with Crippen molar-refractivity contribution >= 4 is 11.6 Å². The molecule has 0 fully saturated rings. The van der Waals surface area contributed by atoms with Crippen LogP contribution < -0.4 is 10.6 Å². The van der Waals surface area contributed by atoms with Crippen LogP contribution in [0.5, 0.6) is 0 Å². The molecule has 0 radical (unpaired) electrons. The summed E-state index contributed by atoms with van der Waals surface area (Å²) in [5.74, 6) is 1.23. The van der Waals surface area contributed by atoms with E-state index in [0.717, 1.165) is 17.8 Å². The van der Waals surface area contributed by atoms with Crippen molar-refractivity contribution in [3.05, 3.63) is 29.3 Å². The third-order valence-corrected chi connectivity index (χ3v) is 4.89. The first-order valence-electron chi connectivity index (χ1n) is 7.98. The molecule has 0 aromatic heterocycles. The molecule has 1 aliphatic rings. The van der Waals surface area contributed by atoms with Crippen LogP contribution in [-0.4, -0.2) is 12.5 Å². The second kappa shape index (κ2) is 5.80. The van der Waals surface area contributed by atoms with E-state index in [1.807, 2.05) is 13.8 Å². The zero-order valence-corrected chi connectivity index (χ0v) is 14.1. The van der Waals surface area contributed by atoms with Gasteiger partial charge in [0.05, 0.1) is 5.41 Å². The molecule has 1 heterocycles. The minimum absolute atomic E-state index is 0.0894. The molecule has 2 N–H and O–H groups in total. The number of carbonyl (C=O) groups is 1. The van der Waals surface area contributed by atoms with Crippen LogP contribution >= 0.6 is 0 Å². The normalized spacial score (nSPS) is 19.3. The maximum Gasteiger partial charge on any atom is 0.234 e. The minimum atomic E-state index is -0.441. The number of nitrogens with one attached hydrogen (secondary N) is 2. The zero-order valence-electron chi connectivity index (χ0n) is 14.1. The number of amides is 1. The van der Waals surface area contributed by atoms with Gasteiger partial charge < -0.3 is 10.6 Å². The Morgan fingerprint density at radius 3 is 2.48 bits per heavy atom. The predicted octanol–water partition coefficient (Wildman–Crippen LogP) is 3.86. The van der Waals surface area contributed by atoms with E-state index in [4.69, 9.17) is 0 Å². The number of benzene rings is 1. The Morgan fingerprint density at radius 2 is 1.90 bits per heavy atom. The summed E-state index contributed by atoms with van der Waals surface area (Å²) in [6, 6.07) is 6.73. The molecular weight excluding hydrogens is 260 g/mol. The standard InChI is InChI=1S/C18H28N2O/c1-7-19-16(12(4)11(2)3)13-8-9-15-14(10-13)18(5,6)17(21)20-15/h8-12,16,19H,7H2,1-6H3,(H,20,21). The van der Waals surface area contributed by atoms with Gasteiger partial charge in [-0.1, -0.05) is 39.8 Å². The molecule has 0 saturated heterocycles. The lowest BCUT2D eigenvalue weighted by Crippen LogP contribution is -2.30. The van der Waals surface area contributed by atoms with E-state index in [1.165, 1.54) is 5.56 Å². The molecule has 0 aliphatic carbocycles. The van der Waals surface area contributed by atoms with Crippen LogP contribution in [0.15, 0.2) is 18.2 Å². The maximum absolute atomic E-state index is 12.1. The molecule has 0 saturated carbocycles. The lowest BCUT2D eigenvalue weighted by Gasteiger charge is -2.29. The van der Waals surface area contributed by atoms with Crippen LogP contribution in [0.3, 0.4) is 0 Å². The Labute approximate surface area is 128 Å². The first-order chi connectivity index (χ1) is 9.78. The van der Waals surface area contributed by atoms with Gasteiger partial charge in [-0.05, 0) is 49.4 Å². The highest BCUT2D eigenvalue weighted by Crippen LogP contribution is 2.39. The SMILES string of the molecule is CCNC(c1ccc2c(c1)C(C)(C)C(=O)N2)C(C)C(C)C. The van der Waals surface area contributed by atoms with Gasteiger partial charge in [0, 0.05) is 11.7 Å². The van der Waals surface area contributed by atoms with E-state index in [2.05, 4.69) is 56.5 Å². The van der Waals surface area contributed by atoms with Gasteiger partial charge in [-0.3, -0.25) is 4.79 Å². The summed E-state index contributed by atoms with van der Waals surface area (Å²) in [5, 5.41) is 6.58. The van der Waals surface area contributed by atoms with E-state index in [-0.39, 0.29) is 5.91 Å². The summed E-state index contributed by atoms with van der Waals surface area (Å²) in [6.07, 6.45) is 0. The first kappa shape index (κ1) is 16.0. The second-order valence-electron chi connectivity index (χ2n) is 7.02. The number of anilines is 1. The molecule has 1 aromatic carbocycles. The lowest BCUT2D eigenvalue weighted by atomic mass is 9.81. The monoisotopic (exact) mass is 288 g/mol. The summed E-state index contributed by atoms with van der Waals surface area (Å²) in [7, 11) is 0. The van der Waals surface area contributed by atoms with Crippen molar-refractivity contribution in [3.63, 3.8) is 0 Å². The fourth-order valence-electron chi connectivity index (χ4n) is 2.99. The number of carbonyl (C=O) groups excluding carboxylic acids is 1. The van der Waals surface area contributed by atoms with E-state index in [1.54, 1.807) is 0 Å². The summed E-state index contributed by atoms with van der Waals surface area (Å²) in [5.41, 5.74) is 2.91. The van der Waals surface area contributed by atoms with Gasteiger partial charge in [0.25, 0.3) is 0 Å². The van der Waals surface area contributed by atoms with E-state index < -0.39 is 5.41 Å². The topological polar surface area (TPSA) is 41.1 Å². The van der Waals surface area contributed by atoms with Gasteiger partial charge in [0.15, 0.2) is 0 Å². The quantitative estimate of drug-likeness (QED) is 0.864. The van der Waals surface area contributed by atoms with Crippen LogP contribution in [-0.2, 0) is 10.2 Å². The van der Waals surface area contributed by atoms with Gasteiger partial charge in [-0.25, -0.2) is 0 Å². The van der Waals surface area contributed by atoms with Crippen LogP contribution in [0.2, 0.25) is 0 Å². The van der Waals surface area contributed by atoms with Gasteiger partial charge in [-0.2, -0.15) is 0 Å². The fraction of sp³-hybridized carbons (Fsp3) is 0.611. The summed E-state index contributed by atoms with van der Waals surface area (Å²) in [4.78, 5) is 12.1. The molecule has 0 bridgehead atoms. The number of rotatable bonds is 5. The van der Waals surface area contributed by atoms with Gasteiger partial charge >= 0.3 is 0 Å². The Morgan fingerprint density at radius 1 is 1.24 bits per heavy atom. The minimum Gasteiger partial charge on any atom is -0.325 e. The Balaban J connectivity index is 2.41. The van der Waals surface area contributed by atoms with Crippen molar-refractivity contribution in [1.82, 2.24) is 5.32 Å². The number of hydrogen-bond acceptors (Lipinski definition) is 2. The Hall–Kier alpha value is -1.35. The smallest absolute Gasteiger partial charge is 0.234 e. The van der Waals surface area contributed by atoms with Crippen molar-refractivity contribution in [3.8, 4) is 0 Å². The second-order valence-corrected chi connectivity index (χ2v) is 7.02. The Kier molecular flexibility index (Phi) is 4.43. The highest BCUT2D eigenvalue weighted by molar-refractivity contribution is 6.05. The highest BCUT2D eigenvalue weighted by Gasteiger charge is 2.38. The highest BCUT2D eigenvalue weighted by atomic mass is 16.2. The first-order valence-corrected chi connectivity index (χ1v) is 7.98. The average molecular weight is 288 g/mol. The van der Waals surface area contributed by atoms with Gasteiger partial charge in [0.1, 0.15) is 0 Å². The molecule has 1 aliphatic heterocycles. The third kappa shape index (κ3) is 2.84. The molecular formula is C18H28N2O. The molecule has 2 unspecified atom stereocenters. The van der Waals surface area contributed by atoms with Crippen LogP contribution in [0.4, 0.5) is 5.69 Å². The predicted molar refractivity (Wildman–Crippen MR) is 88.5 cm³/mol. The summed E-state index contributed by atoms with van der Waals surface area (Å²) >= 11 is 0. The summed E-state index contributed by atoms with van der Waals surface area (Å²) in [6.45, 7) is 13.9. The van der Waals surface area contributed by atoms with E-state index in [9.17, 15) is 4.79 Å². The van der Waals surface area contributed by atoms with Crippen molar-refractivity contribution < 1.29 is 4.79 Å². The molecule has 0 spiro atoms. The number of fused-ring (bicyclic) bond motifs is 1. The van der Waals surface area contributed by atoms with Crippen LogP contribution in [0.25, 0.3) is 0 Å². The van der Waals surface area contributed by atoms with Gasteiger partial charge in [-0.15, -0.1) is 0 Å². The maximum atomic E-state index is 12.1. The third-order valence-electron chi connectivity index (χ3n) is 4.89. The molecule has 21 heavy (non-hydrogen) atoms.